The van der Waals surface area contributed by atoms with E-state index in [1.165, 1.54) is 49.7 Å². The van der Waals surface area contributed by atoms with E-state index in [-0.39, 0.29) is 0 Å². The van der Waals surface area contributed by atoms with E-state index in [9.17, 15) is 0 Å². The van der Waals surface area contributed by atoms with Gasteiger partial charge in [0.05, 0.1) is 0 Å². The SMILES string of the molecule is CCCC1CCC(N2Cc3cccc(N)c3C2)CC1. The maximum Gasteiger partial charge on any atom is 0.0363 e. The van der Waals surface area contributed by atoms with Crippen LogP contribution in [0.4, 0.5) is 5.69 Å². The van der Waals surface area contributed by atoms with Gasteiger partial charge < -0.3 is 5.73 Å². The molecule has 1 aliphatic carbocycles. The highest BCUT2D eigenvalue weighted by molar-refractivity contribution is 5.52. The summed E-state index contributed by atoms with van der Waals surface area (Å²) in [6.45, 7) is 4.50. The van der Waals surface area contributed by atoms with Crippen molar-refractivity contribution in [2.24, 2.45) is 5.92 Å². The first-order chi connectivity index (χ1) is 9.28. The van der Waals surface area contributed by atoms with Gasteiger partial charge in [0.2, 0.25) is 0 Å². The number of benzene rings is 1. The molecule has 1 aromatic rings. The molecule has 0 spiro atoms. The molecule has 0 atom stereocenters. The maximum absolute atomic E-state index is 6.10. The van der Waals surface area contributed by atoms with Crippen LogP contribution in [0.3, 0.4) is 0 Å². The van der Waals surface area contributed by atoms with Crippen molar-refractivity contribution in [1.82, 2.24) is 4.90 Å². The molecule has 0 saturated heterocycles. The van der Waals surface area contributed by atoms with Gasteiger partial charge in [-0.1, -0.05) is 31.9 Å². The van der Waals surface area contributed by atoms with Crippen LogP contribution in [-0.2, 0) is 13.1 Å². The predicted octanol–water partition coefficient (Wildman–Crippen LogP) is 3.94. The van der Waals surface area contributed by atoms with Gasteiger partial charge in [-0.25, -0.2) is 0 Å². The van der Waals surface area contributed by atoms with E-state index in [1.54, 1.807) is 0 Å². The fraction of sp³-hybridized carbons (Fsp3) is 0.647. The van der Waals surface area contributed by atoms with Crippen molar-refractivity contribution in [3.63, 3.8) is 0 Å². The Bertz CT molecular complexity index is 433. The van der Waals surface area contributed by atoms with Gasteiger partial charge in [0.25, 0.3) is 0 Å². The Balaban J connectivity index is 1.60. The van der Waals surface area contributed by atoms with Gasteiger partial charge in [-0.2, -0.15) is 0 Å². The van der Waals surface area contributed by atoms with Crippen molar-refractivity contribution in [3.8, 4) is 0 Å². The number of nitrogens with zero attached hydrogens (tertiary/aromatic N) is 1. The average Bonchev–Trinajstić information content (AvgIpc) is 2.85. The molecule has 1 heterocycles. The molecule has 0 aromatic heterocycles. The van der Waals surface area contributed by atoms with E-state index < -0.39 is 0 Å². The summed E-state index contributed by atoms with van der Waals surface area (Å²) in [7, 11) is 0. The Morgan fingerprint density at radius 2 is 1.95 bits per heavy atom. The first kappa shape index (κ1) is 13.0. The molecule has 1 aliphatic heterocycles. The third kappa shape index (κ3) is 2.64. The molecule has 0 bridgehead atoms. The first-order valence-corrected chi connectivity index (χ1v) is 7.88. The lowest BCUT2D eigenvalue weighted by molar-refractivity contribution is 0.133. The lowest BCUT2D eigenvalue weighted by Crippen LogP contribution is -2.34. The summed E-state index contributed by atoms with van der Waals surface area (Å²) < 4.78 is 0. The van der Waals surface area contributed by atoms with E-state index >= 15 is 0 Å². The molecular formula is C17H26N2. The average molecular weight is 258 g/mol. The number of rotatable bonds is 3. The van der Waals surface area contributed by atoms with Crippen molar-refractivity contribution < 1.29 is 0 Å². The monoisotopic (exact) mass is 258 g/mol. The summed E-state index contributed by atoms with van der Waals surface area (Å²) in [6, 6.07) is 7.17. The van der Waals surface area contributed by atoms with Crippen LogP contribution in [0.15, 0.2) is 18.2 Å². The minimum absolute atomic E-state index is 0.792. The lowest BCUT2D eigenvalue weighted by Gasteiger charge is -2.34. The van der Waals surface area contributed by atoms with Crippen molar-refractivity contribution in [3.05, 3.63) is 29.3 Å². The smallest absolute Gasteiger partial charge is 0.0363 e. The van der Waals surface area contributed by atoms with Gasteiger partial charge in [-0.3, -0.25) is 4.90 Å². The number of hydrogen-bond donors (Lipinski definition) is 1. The Labute approximate surface area is 117 Å². The minimum Gasteiger partial charge on any atom is -0.398 e. The fourth-order valence-corrected chi connectivity index (χ4v) is 3.94. The van der Waals surface area contributed by atoms with Gasteiger partial charge in [0.15, 0.2) is 0 Å². The summed E-state index contributed by atoms with van der Waals surface area (Å²) >= 11 is 0. The van der Waals surface area contributed by atoms with E-state index in [0.29, 0.717) is 0 Å². The van der Waals surface area contributed by atoms with Crippen LogP contribution < -0.4 is 5.73 Å². The second-order valence-corrected chi connectivity index (χ2v) is 6.35. The van der Waals surface area contributed by atoms with E-state index in [4.69, 9.17) is 5.73 Å². The van der Waals surface area contributed by atoms with E-state index in [0.717, 1.165) is 30.7 Å². The molecule has 1 fully saturated rings. The molecule has 1 aromatic carbocycles. The van der Waals surface area contributed by atoms with Crippen molar-refractivity contribution in [2.45, 2.75) is 64.6 Å². The first-order valence-electron chi connectivity index (χ1n) is 7.88. The minimum atomic E-state index is 0.792. The lowest BCUT2D eigenvalue weighted by atomic mass is 9.83. The summed E-state index contributed by atoms with van der Waals surface area (Å²) in [4.78, 5) is 2.66. The molecular weight excluding hydrogens is 232 g/mol. The number of hydrogen-bond acceptors (Lipinski definition) is 2. The second kappa shape index (κ2) is 5.54. The summed E-state index contributed by atoms with van der Waals surface area (Å²) in [5.41, 5.74) is 9.93. The second-order valence-electron chi connectivity index (χ2n) is 6.35. The Kier molecular flexibility index (Phi) is 3.79. The van der Waals surface area contributed by atoms with Crippen LogP contribution in [0.5, 0.6) is 0 Å². The Hall–Kier alpha value is -1.02. The van der Waals surface area contributed by atoms with E-state index in [2.05, 4.69) is 24.0 Å². The maximum atomic E-state index is 6.10. The van der Waals surface area contributed by atoms with Crippen LogP contribution in [0.1, 0.15) is 56.6 Å². The number of anilines is 1. The van der Waals surface area contributed by atoms with Crippen LogP contribution in [0, 0.1) is 5.92 Å². The molecule has 2 aliphatic rings. The van der Waals surface area contributed by atoms with Crippen LogP contribution in [0.2, 0.25) is 0 Å². The zero-order valence-electron chi connectivity index (χ0n) is 12.1. The third-order valence-corrected chi connectivity index (χ3v) is 5.07. The van der Waals surface area contributed by atoms with Crippen molar-refractivity contribution >= 4 is 5.69 Å². The van der Waals surface area contributed by atoms with Gasteiger partial charge in [0.1, 0.15) is 0 Å². The molecule has 0 unspecified atom stereocenters. The van der Waals surface area contributed by atoms with Gasteiger partial charge in [0, 0.05) is 24.8 Å². The molecule has 0 radical (unpaired) electrons. The number of nitrogen functional groups attached to an aromatic ring is 1. The van der Waals surface area contributed by atoms with Crippen molar-refractivity contribution in [2.75, 3.05) is 5.73 Å². The molecule has 104 valence electrons. The summed E-state index contributed by atoms with van der Waals surface area (Å²) in [6.07, 6.45) is 8.42. The Morgan fingerprint density at radius 3 is 2.63 bits per heavy atom. The molecule has 2 nitrogen and oxygen atoms in total. The topological polar surface area (TPSA) is 29.3 Å². The molecule has 19 heavy (non-hydrogen) atoms. The van der Waals surface area contributed by atoms with Crippen LogP contribution >= 0.6 is 0 Å². The summed E-state index contributed by atoms with van der Waals surface area (Å²) in [5.74, 6) is 0.997. The van der Waals surface area contributed by atoms with Crippen LogP contribution in [-0.4, -0.2) is 10.9 Å². The highest BCUT2D eigenvalue weighted by Gasteiger charge is 2.30. The molecule has 3 rings (SSSR count). The van der Waals surface area contributed by atoms with Gasteiger partial charge in [-0.15, -0.1) is 0 Å². The highest BCUT2D eigenvalue weighted by atomic mass is 15.2. The zero-order valence-corrected chi connectivity index (χ0v) is 12.1. The quantitative estimate of drug-likeness (QED) is 0.832. The van der Waals surface area contributed by atoms with Crippen LogP contribution in [0.25, 0.3) is 0 Å². The molecule has 2 heteroatoms. The molecule has 2 N–H and O–H groups in total. The van der Waals surface area contributed by atoms with E-state index in [1.807, 2.05) is 6.07 Å². The third-order valence-electron chi connectivity index (χ3n) is 5.07. The highest BCUT2D eigenvalue weighted by Crippen LogP contribution is 2.35. The molecule has 1 saturated carbocycles. The van der Waals surface area contributed by atoms with Crippen molar-refractivity contribution in [1.29, 1.82) is 0 Å². The fourth-order valence-electron chi connectivity index (χ4n) is 3.94. The standard InChI is InChI=1S/C17H26N2/c1-2-4-13-7-9-15(10-8-13)19-11-14-5-3-6-17(18)16(14)12-19/h3,5-6,13,15H,2,4,7-12,18H2,1H3. The predicted molar refractivity (Wildman–Crippen MR) is 80.8 cm³/mol. The molecule has 0 amide bonds. The normalized spacial score (nSPS) is 27.4. The number of nitrogens with two attached hydrogens (primary N) is 1. The zero-order chi connectivity index (χ0) is 13.2. The van der Waals surface area contributed by atoms with Gasteiger partial charge >= 0.3 is 0 Å². The summed E-state index contributed by atoms with van der Waals surface area (Å²) in [5, 5.41) is 0. The Morgan fingerprint density at radius 1 is 1.16 bits per heavy atom. The number of fused-ring (bicyclic) bond motifs is 1. The van der Waals surface area contributed by atoms with Gasteiger partial charge in [-0.05, 0) is 48.8 Å². The largest absolute Gasteiger partial charge is 0.398 e.